The third kappa shape index (κ3) is 4.48. The summed E-state index contributed by atoms with van der Waals surface area (Å²) in [5.74, 6) is -1.10. The average molecular weight is 329 g/mol. The molecule has 0 spiro atoms. The number of aryl methyl sites for hydroxylation is 1. The lowest BCUT2D eigenvalue weighted by Gasteiger charge is -2.07. The number of carbonyl (C=O) groups is 2. The summed E-state index contributed by atoms with van der Waals surface area (Å²) in [7, 11) is 0. The first-order valence-corrected chi connectivity index (χ1v) is 8.21. The minimum atomic E-state index is -0.774. The molecule has 1 fully saturated rings. The lowest BCUT2D eigenvalue weighted by molar-refractivity contribution is -0.144. The van der Waals surface area contributed by atoms with Gasteiger partial charge in [-0.2, -0.15) is 5.26 Å². The van der Waals surface area contributed by atoms with Crippen molar-refractivity contribution in [1.29, 1.82) is 5.26 Å². The van der Waals surface area contributed by atoms with Crippen LogP contribution in [0.2, 0.25) is 0 Å². The second-order valence-corrected chi connectivity index (χ2v) is 6.07. The fourth-order valence-corrected chi connectivity index (χ4v) is 2.54. The SMILES string of the molecule is CCCn1c(C)cc(C=C(C#N)C(=O)OCC(=O)NC2CC2)c1C. The number of hydrogen-bond acceptors (Lipinski definition) is 4. The van der Waals surface area contributed by atoms with Gasteiger partial charge in [-0.1, -0.05) is 6.92 Å². The van der Waals surface area contributed by atoms with Crippen molar-refractivity contribution in [2.75, 3.05) is 6.61 Å². The van der Waals surface area contributed by atoms with Gasteiger partial charge in [-0.05, 0) is 50.8 Å². The van der Waals surface area contributed by atoms with Crippen LogP contribution in [0.3, 0.4) is 0 Å². The molecule has 1 aromatic heterocycles. The van der Waals surface area contributed by atoms with Gasteiger partial charge in [0.1, 0.15) is 11.6 Å². The number of ether oxygens (including phenoxy) is 1. The standard InChI is InChI=1S/C18H23N3O3/c1-4-7-21-12(2)8-14(13(21)3)9-15(10-19)18(23)24-11-17(22)20-16-5-6-16/h8-9,16H,4-7,11H2,1-3H3,(H,20,22). The van der Waals surface area contributed by atoms with Gasteiger partial charge in [0, 0.05) is 24.0 Å². The van der Waals surface area contributed by atoms with Gasteiger partial charge in [0.25, 0.3) is 5.91 Å². The topological polar surface area (TPSA) is 84.1 Å². The molecule has 0 aliphatic heterocycles. The second-order valence-electron chi connectivity index (χ2n) is 6.07. The van der Waals surface area contributed by atoms with Crippen molar-refractivity contribution < 1.29 is 14.3 Å². The maximum absolute atomic E-state index is 12.0. The Bertz CT molecular complexity index is 706. The third-order valence-electron chi connectivity index (χ3n) is 3.98. The van der Waals surface area contributed by atoms with Crippen LogP contribution in [0.15, 0.2) is 11.6 Å². The minimum absolute atomic E-state index is 0.106. The van der Waals surface area contributed by atoms with Crippen molar-refractivity contribution in [3.8, 4) is 6.07 Å². The molecule has 2 rings (SSSR count). The molecule has 1 aliphatic carbocycles. The third-order valence-corrected chi connectivity index (χ3v) is 3.98. The highest BCUT2D eigenvalue weighted by molar-refractivity contribution is 5.99. The van der Waals surface area contributed by atoms with E-state index in [0.717, 1.165) is 42.8 Å². The Morgan fingerprint density at radius 1 is 1.46 bits per heavy atom. The Labute approximate surface area is 142 Å². The first-order valence-electron chi connectivity index (χ1n) is 8.21. The van der Waals surface area contributed by atoms with Crippen LogP contribution in [0.5, 0.6) is 0 Å². The molecular formula is C18H23N3O3. The van der Waals surface area contributed by atoms with E-state index in [9.17, 15) is 14.9 Å². The monoisotopic (exact) mass is 329 g/mol. The molecule has 0 atom stereocenters. The molecule has 1 N–H and O–H groups in total. The summed E-state index contributed by atoms with van der Waals surface area (Å²) < 4.78 is 7.08. The minimum Gasteiger partial charge on any atom is -0.451 e. The summed E-state index contributed by atoms with van der Waals surface area (Å²) in [4.78, 5) is 23.6. The van der Waals surface area contributed by atoms with E-state index in [0.29, 0.717) is 0 Å². The Hall–Kier alpha value is -2.55. The van der Waals surface area contributed by atoms with Gasteiger partial charge in [0.05, 0.1) is 0 Å². The number of nitrogens with zero attached hydrogens (tertiary/aromatic N) is 2. The van der Waals surface area contributed by atoms with Gasteiger partial charge in [-0.25, -0.2) is 4.79 Å². The molecule has 1 saturated carbocycles. The largest absolute Gasteiger partial charge is 0.451 e. The first kappa shape index (κ1) is 17.8. The molecule has 1 aliphatic rings. The van der Waals surface area contributed by atoms with E-state index in [4.69, 9.17) is 4.74 Å². The molecule has 6 heteroatoms. The highest BCUT2D eigenvalue weighted by Gasteiger charge is 2.24. The molecule has 0 saturated heterocycles. The number of nitriles is 1. The number of rotatable bonds is 7. The zero-order valence-corrected chi connectivity index (χ0v) is 14.4. The second kappa shape index (κ2) is 7.82. The van der Waals surface area contributed by atoms with Crippen LogP contribution in [-0.4, -0.2) is 29.1 Å². The summed E-state index contributed by atoms with van der Waals surface area (Å²) in [6.07, 6.45) is 4.46. The number of carbonyl (C=O) groups excluding carboxylic acids is 2. The van der Waals surface area contributed by atoms with Crippen molar-refractivity contribution in [3.05, 3.63) is 28.6 Å². The zero-order chi connectivity index (χ0) is 17.7. The maximum Gasteiger partial charge on any atom is 0.349 e. The molecule has 0 radical (unpaired) electrons. The van der Waals surface area contributed by atoms with Crippen LogP contribution in [0.25, 0.3) is 6.08 Å². The van der Waals surface area contributed by atoms with E-state index >= 15 is 0 Å². The Morgan fingerprint density at radius 2 is 2.17 bits per heavy atom. The molecule has 6 nitrogen and oxygen atoms in total. The number of esters is 1. The van der Waals surface area contributed by atoms with E-state index in [1.54, 1.807) is 0 Å². The molecule has 0 unspecified atom stereocenters. The zero-order valence-electron chi connectivity index (χ0n) is 14.4. The first-order chi connectivity index (χ1) is 11.5. The molecule has 1 amide bonds. The predicted octanol–water partition coefficient (Wildman–Crippen LogP) is 2.24. The number of hydrogen-bond donors (Lipinski definition) is 1. The quantitative estimate of drug-likeness (QED) is 0.472. The highest BCUT2D eigenvalue weighted by Crippen LogP contribution is 2.19. The van der Waals surface area contributed by atoms with Crippen molar-refractivity contribution in [1.82, 2.24) is 9.88 Å². The maximum atomic E-state index is 12.0. The molecule has 1 aromatic rings. The number of nitrogens with one attached hydrogen (secondary N) is 1. The van der Waals surface area contributed by atoms with Gasteiger partial charge in [-0.3, -0.25) is 4.79 Å². The van der Waals surface area contributed by atoms with E-state index in [1.165, 1.54) is 6.08 Å². The van der Waals surface area contributed by atoms with E-state index < -0.39 is 5.97 Å². The summed E-state index contributed by atoms with van der Waals surface area (Å²) in [5, 5.41) is 12.0. The number of amides is 1. The molecule has 128 valence electrons. The van der Waals surface area contributed by atoms with Crippen LogP contribution >= 0.6 is 0 Å². The van der Waals surface area contributed by atoms with Gasteiger partial charge in [0.15, 0.2) is 6.61 Å². The molecular weight excluding hydrogens is 306 g/mol. The fourth-order valence-electron chi connectivity index (χ4n) is 2.54. The molecule has 1 heterocycles. The van der Waals surface area contributed by atoms with E-state index in [1.807, 2.05) is 26.0 Å². The highest BCUT2D eigenvalue weighted by atomic mass is 16.5. The molecule has 0 aromatic carbocycles. The van der Waals surface area contributed by atoms with Gasteiger partial charge in [0.2, 0.25) is 0 Å². The number of aromatic nitrogens is 1. The van der Waals surface area contributed by atoms with Crippen molar-refractivity contribution >= 4 is 18.0 Å². The summed E-state index contributed by atoms with van der Waals surface area (Å²) in [6, 6.07) is 4.01. The normalized spacial score (nSPS) is 14.2. The summed E-state index contributed by atoms with van der Waals surface area (Å²) in [6.45, 7) is 6.58. The lowest BCUT2D eigenvalue weighted by Crippen LogP contribution is -2.30. The van der Waals surface area contributed by atoms with Crippen molar-refractivity contribution in [2.45, 2.75) is 52.6 Å². The smallest absolute Gasteiger partial charge is 0.349 e. The van der Waals surface area contributed by atoms with Gasteiger partial charge >= 0.3 is 5.97 Å². The Balaban J connectivity index is 2.05. The van der Waals surface area contributed by atoms with Crippen LogP contribution in [-0.2, 0) is 20.9 Å². The lowest BCUT2D eigenvalue weighted by atomic mass is 10.1. The Kier molecular flexibility index (Phi) is 5.80. The van der Waals surface area contributed by atoms with E-state index in [2.05, 4.69) is 16.8 Å². The fraction of sp³-hybridized carbons (Fsp3) is 0.500. The van der Waals surface area contributed by atoms with Gasteiger partial charge in [-0.15, -0.1) is 0 Å². The average Bonchev–Trinajstić information content (AvgIpc) is 3.32. The molecule has 0 bridgehead atoms. The Morgan fingerprint density at radius 3 is 2.75 bits per heavy atom. The predicted molar refractivity (Wildman–Crippen MR) is 89.9 cm³/mol. The van der Waals surface area contributed by atoms with Gasteiger partial charge < -0.3 is 14.6 Å². The van der Waals surface area contributed by atoms with E-state index in [-0.39, 0.29) is 24.1 Å². The molecule has 24 heavy (non-hydrogen) atoms. The summed E-state index contributed by atoms with van der Waals surface area (Å²) >= 11 is 0. The van der Waals surface area contributed by atoms with Crippen LogP contribution in [0, 0.1) is 25.2 Å². The van der Waals surface area contributed by atoms with Crippen molar-refractivity contribution in [2.24, 2.45) is 0 Å². The van der Waals surface area contributed by atoms with Crippen molar-refractivity contribution in [3.63, 3.8) is 0 Å². The van der Waals surface area contributed by atoms with Crippen LogP contribution < -0.4 is 5.32 Å². The summed E-state index contributed by atoms with van der Waals surface area (Å²) in [5.41, 5.74) is 2.79. The van der Waals surface area contributed by atoms with Crippen LogP contribution in [0.1, 0.15) is 43.1 Å². The van der Waals surface area contributed by atoms with Crippen LogP contribution in [0.4, 0.5) is 0 Å².